The second kappa shape index (κ2) is 9.32. The first-order chi connectivity index (χ1) is 12.7. The molecule has 0 radical (unpaired) electrons. The molecular weight excluding hydrogens is 366 g/mol. The van der Waals surface area contributed by atoms with E-state index >= 15 is 0 Å². The first-order valence-electron chi connectivity index (χ1n) is 9.35. The first-order valence-corrected chi connectivity index (χ1v) is 10.8. The number of nitrogens with zero attached hydrogens (tertiary/aromatic N) is 2. The molecule has 1 aromatic carbocycles. The predicted octanol–water partition coefficient (Wildman–Crippen LogP) is 1.71. The molecule has 1 aliphatic rings. The van der Waals surface area contributed by atoms with Crippen LogP contribution >= 0.6 is 0 Å². The van der Waals surface area contributed by atoms with Gasteiger partial charge in [0.05, 0.1) is 4.90 Å². The molecule has 1 saturated heterocycles. The lowest BCUT2D eigenvalue weighted by Gasteiger charge is -2.23. The van der Waals surface area contributed by atoms with E-state index in [-0.39, 0.29) is 16.7 Å². The maximum absolute atomic E-state index is 12.5. The minimum absolute atomic E-state index is 0.0191. The standard InChI is InChI=1S/C19H29N3O4S/c1-15(2)14-21(16(3)23)13-10-20-19(24)17-6-8-18(9-7-17)27(25,26)22-11-4-5-12-22/h6-9,15H,4-5,10-14H2,1-3H3,(H,20,24). The lowest BCUT2D eigenvalue weighted by Crippen LogP contribution is -2.39. The molecule has 1 fully saturated rings. The third-order valence-corrected chi connectivity index (χ3v) is 6.43. The molecule has 150 valence electrons. The summed E-state index contributed by atoms with van der Waals surface area (Å²) in [5.74, 6) is 0.0530. The molecule has 1 aromatic rings. The molecule has 1 heterocycles. The second-order valence-corrected chi connectivity index (χ2v) is 9.19. The summed E-state index contributed by atoms with van der Waals surface area (Å²) in [7, 11) is -3.47. The highest BCUT2D eigenvalue weighted by atomic mass is 32.2. The maximum Gasteiger partial charge on any atom is 0.251 e. The van der Waals surface area contributed by atoms with Crippen molar-refractivity contribution in [3.63, 3.8) is 0 Å². The molecule has 0 bridgehead atoms. The van der Waals surface area contributed by atoms with E-state index in [2.05, 4.69) is 5.32 Å². The van der Waals surface area contributed by atoms with Crippen molar-refractivity contribution in [3.8, 4) is 0 Å². The fraction of sp³-hybridized carbons (Fsp3) is 0.579. The third kappa shape index (κ3) is 5.77. The van der Waals surface area contributed by atoms with E-state index in [9.17, 15) is 18.0 Å². The highest BCUT2D eigenvalue weighted by molar-refractivity contribution is 7.89. The Morgan fingerprint density at radius 2 is 1.74 bits per heavy atom. The molecule has 7 nitrogen and oxygen atoms in total. The number of benzene rings is 1. The van der Waals surface area contributed by atoms with Gasteiger partial charge in [0.25, 0.3) is 5.91 Å². The van der Waals surface area contributed by atoms with E-state index in [1.807, 2.05) is 13.8 Å². The van der Waals surface area contributed by atoms with Crippen LogP contribution < -0.4 is 5.32 Å². The number of hydrogen-bond donors (Lipinski definition) is 1. The second-order valence-electron chi connectivity index (χ2n) is 7.25. The smallest absolute Gasteiger partial charge is 0.251 e. The van der Waals surface area contributed by atoms with Gasteiger partial charge in [-0.1, -0.05) is 13.8 Å². The monoisotopic (exact) mass is 395 g/mol. The average molecular weight is 396 g/mol. The van der Waals surface area contributed by atoms with Crippen LogP contribution in [0.5, 0.6) is 0 Å². The Balaban J connectivity index is 1.92. The van der Waals surface area contributed by atoms with Crippen LogP contribution in [-0.4, -0.2) is 62.2 Å². The van der Waals surface area contributed by atoms with E-state index in [0.29, 0.717) is 44.2 Å². The van der Waals surface area contributed by atoms with Gasteiger partial charge in [-0.05, 0) is 43.0 Å². The largest absolute Gasteiger partial charge is 0.350 e. The van der Waals surface area contributed by atoms with Gasteiger partial charge in [0, 0.05) is 45.2 Å². The van der Waals surface area contributed by atoms with Crippen LogP contribution in [0, 0.1) is 5.92 Å². The van der Waals surface area contributed by atoms with Crippen molar-refractivity contribution in [1.29, 1.82) is 0 Å². The number of rotatable bonds is 8. The Labute approximate surface area is 161 Å². The van der Waals surface area contributed by atoms with Crippen LogP contribution in [-0.2, 0) is 14.8 Å². The van der Waals surface area contributed by atoms with Gasteiger partial charge in [-0.15, -0.1) is 0 Å². The number of nitrogens with one attached hydrogen (secondary N) is 1. The van der Waals surface area contributed by atoms with E-state index in [1.165, 1.54) is 35.5 Å². The summed E-state index contributed by atoms with van der Waals surface area (Å²) < 4.78 is 26.5. The summed E-state index contributed by atoms with van der Waals surface area (Å²) in [5, 5.41) is 2.78. The van der Waals surface area contributed by atoms with Crippen molar-refractivity contribution < 1.29 is 18.0 Å². The van der Waals surface area contributed by atoms with Crippen molar-refractivity contribution >= 4 is 21.8 Å². The summed E-state index contributed by atoms with van der Waals surface area (Å²) in [6, 6.07) is 6.00. The summed E-state index contributed by atoms with van der Waals surface area (Å²) in [5.41, 5.74) is 0.397. The normalized spacial score (nSPS) is 15.1. The minimum atomic E-state index is -3.47. The Bertz CT molecular complexity index is 754. The molecule has 1 N–H and O–H groups in total. The van der Waals surface area contributed by atoms with E-state index < -0.39 is 10.0 Å². The van der Waals surface area contributed by atoms with Gasteiger partial charge in [-0.2, -0.15) is 4.31 Å². The lowest BCUT2D eigenvalue weighted by molar-refractivity contribution is -0.129. The van der Waals surface area contributed by atoms with Gasteiger partial charge in [0.1, 0.15) is 0 Å². The first kappa shape index (κ1) is 21.4. The molecule has 2 rings (SSSR count). The van der Waals surface area contributed by atoms with E-state index in [0.717, 1.165) is 12.8 Å². The van der Waals surface area contributed by atoms with Gasteiger partial charge >= 0.3 is 0 Å². The Morgan fingerprint density at radius 1 is 1.15 bits per heavy atom. The number of carbonyl (C=O) groups is 2. The van der Waals surface area contributed by atoms with Gasteiger partial charge in [-0.25, -0.2) is 8.42 Å². The predicted molar refractivity (Wildman–Crippen MR) is 104 cm³/mol. The zero-order valence-corrected chi connectivity index (χ0v) is 17.1. The lowest BCUT2D eigenvalue weighted by atomic mass is 10.2. The summed E-state index contributed by atoms with van der Waals surface area (Å²) in [6.07, 6.45) is 1.77. The Morgan fingerprint density at radius 3 is 2.26 bits per heavy atom. The zero-order chi connectivity index (χ0) is 20.0. The maximum atomic E-state index is 12.5. The van der Waals surface area contributed by atoms with Crippen LogP contribution in [0.1, 0.15) is 44.0 Å². The minimum Gasteiger partial charge on any atom is -0.350 e. The van der Waals surface area contributed by atoms with Crippen molar-refractivity contribution in [1.82, 2.24) is 14.5 Å². The summed E-state index contributed by atoms with van der Waals surface area (Å²) >= 11 is 0. The molecule has 0 saturated carbocycles. The molecule has 0 aromatic heterocycles. The van der Waals surface area contributed by atoms with Crippen LogP contribution in [0.3, 0.4) is 0 Å². The quantitative estimate of drug-likeness (QED) is 0.726. The SMILES string of the molecule is CC(=O)N(CCNC(=O)c1ccc(S(=O)(=O)N2CCCC2)cc1)CC(C)C. The topological polar surface area (TPSA) is 86.8 Å². The molecule has 0 spiro atoms. The van der Waals surface area contributed by atoms with E-state index in [4.69, 9.17) is 0 Å². The van der Waals surface area contributed by atoms with Crippen molar-refractivity contribution in [2.24, 2.45) is 5.92 Å². The number of hydrogen-bond acceptors (Lipinski definition) is 4. The highest BCUT2D eigenvalue weighted by Crippen LogP contribution is 2.21. The summed E-state index contributed by atoms with van der Waals surface area (Å²) in [4.78, 5) is 25.8. The molecular formula is C19H29N3O4S. The van der Waals surface area contributed by atoms with Crippen LogP contribution in [0.15, 0.2) is 29.2 Å². The average Bonchev–Trinajstić information content (AvgIpc) is 3.16. The number of carbonyl (C=O) groups excluding carboxylic acids is 2. The fourth-order valence-corrected chi connectivity index (χ4v) is 4.60. The fourth-order valence-electron chi connectivity index (χ4n) is 3.08. The van der Waals surface area contributed by atoms with Crippen molar-refractivity contribution in [2.75, 3.05) is 32.7 Å². The van der Waals surface area contributed by atoms with Crippen LogP contribution in [0.2, 0.25) is 0 Å². The summed E-state index contributed by atoms with van der Waals surface area (Å²) in [6.45, 7) is 8.12. The van der Waals surface area contributed by atoms with Crippen molar-refractivity contribution in [2.45, 2.75) is 38.5 Å². The molecule has 0 unspecified atom stereocenters. The van der Waals surface area contributed by atoms with Crippen LogP contribution in [0.4, 0.5) is 0 Å². The zero-order valence-electron chi connectivity index (χ0n) is 16.3. The third-order valence-electron chi connectivity index (χ3n) is 4.52. The van der Waals surface area contributed by atoms with Gasteiger partial charge in [-0.3, -0.25) is 9.59 Å². The van der Waals surface area contributed by atoms with E-state index in [1.54, 1.807) is 4.90 Å². The number of amides is 2. The molecule has 27 heavy (non-hydrogen) atoms. The molecule has 0 aliphatic carbocycles. The Hall–Kier alpha value is -1.93. The van der Waals surface area contributed by atoms with Gasteiger partial charge in [0.15, 0.2) is 0 Å². The van der Waals surface area contributed by atoms with Gasteiger partial charge in [0.2, 0.25) is 15.9 Å². The van der Waals surface area contributed by atoms with Crippen molar-refractivity contribution in [3.05, 3.63) is 29.8 Å². The molecule has 0 atom stereocenters. The van der Waals surface area contributed by atoms with Gasteiger partial charge < -0.3 is 10.2 Å². The molecule has 1 aliphatic heterocycles. The molecule has 8 heteroatoms. The molecule has 2 amide bonds. The van der Waals surface area contributed by atoms with Crippen LogP contribution in [0.25, 0.3) is 0 Å². The highest BCUT2D eigenvalue weighted by Gasteiger charge is 2.27. The Kier molecular flexibility index (Phi) is 7.38. The number of sulfonamides is 1.